The van der Waals surface area contributed by atoms with Gasteiger partial charge in [-0.25, -0.2) is 0 Å². The molecule has 0 aliphatic carbocycles. The summed E-state index contributed by atoms with van der Waals surface area (Å²) in [6.07, 6.45) is 0.892. The summed E-state index contributed by atoms with van der Waals surface area (Å²) in [7, 11) is 1.54. The van der Waals surface area contributed by atoms with E-state index in [9.17, 15) is 10.2 Å². The molecule has 1 aliphatic heterocycles. The lowest BCUT2D eigenvalue weighted by Crippen LogP contribution is -2.62. The zero-order chi connectivity index (χ0) is 14.5. The molecule has 0 bridgehead atoms. The van der Waals surface area contributed by atoms with Crippen molar-refractivity contribution in [3.05, 3.63) is 0 Å². The molecule has 0 radical (unpaired) electrons. The Bertz CT molecular complexity index is 258. The number of methoxy groups -OCH3 is 1. The number of aliphatic hydroxyl groups excluding tert-OH is 2. The van der Waals surface area contributed by atoms with Gasteiger partial charge in [-0.3, -0.25) is 0 Å². The van der Waals surface area contributed by atoms with Crippen LogP contribution in [0.3, 0.4) is 0 Å². The minimum Gasteiger partial charge on any atom is -0.390 e. The lowest BCUT2D eigenvalue weighted by Gasteiger charge is -2.47. The number of hydrogen-bond acceptors (Lipinski definition) is 5. The fourth-order valence-electron chi connectivity index (χ4n) is 2.36. The first-order valence-corrected chi connectivity index (χ1v) is 7.10. The summed E-state index contributed by atoms with van der Waals surface area (Å²) in [6.45, 7) is 6.57. The van der Waals surface area contributed by atoms with Crippen LogP contribution in [0.15, 0.2) is 0 Å². The number of aliphatic hydroxyl groups is 2. The van der Waals surface area contributed by atoms with Crippen molar-refractivity contribution in [2.75, 3.05) is 20.3 Å². The number of rotatable bonds is 7. The maximum absolute atomic E-state index is 10.2. The van der Waals surface area contributed by atoms with Crippen LogP contribution in [0.2, 0.25) is 0 Å². The Kier molecular flexibility index (Phi) is 6.69. The standard InChI is InChI=1S/C14H28O5/c1-5-6-7-8-18-9-14(3)12(16)11(15)10(2)13(17-4)19-14/h10-13,15-16H,5-9H2,1-4H3/t10-,11-,12-,13+,14-/m1/s1. The average molecular weight is 276 g/mol. The minimum atomic E-state index is -0.972. The molecule has 19 heavy (non-hydrogen) atoms. The maximum atomic E-state index is 10.2. The van der Waals surface area contributed by atoms with E-state index in [4.69, 9.17) is 14.2 Å². The lowest BCUT2D eigenvalue weighted by molar-refractivity contribution is -0.315. The molecule has 5 nitrogen and oxygen atoms in total. The second-order valence-electron chi connectivity index (χ2n) is 5.59. The van der Waals surface area contributed by atoms with E-state index in [0.717, 1.165) is 19.3 Å². The van der Waals surface area contributed by atoms with Crippen LogP contribution in [0, 0.1) is 5.92 Å². The van der Waals surface area contributed by atoms with E-state index >= 15 is 0 Å². The highest BCUT2D eigenvalue weighted by Crippen LogP contribution is 2.33. The molecular weight excluding hydrogens is 248 g/mol. The summed E-state index contributed by atoms with van der Waals surface area (Å²) in [6, 6.07) is 0. The summed E-state index contributed by atoms with van der Waals surface area (Å²) in [5.74, 6) is -0.270. The van der Waals surface area contributed by atoms with Gasteiger partial charge in [-0.2, -0.15) is 0 Å². The summed E-state index contributed by atoms with van der Waals surface area (Å²) >= 11 is 0. The summed E-state index contributed by atoms with van der Waals surface area (Å²) in [5, 5.41) is 20.2. The van der Waals surface area contributed by atoms with Crippen molar-refractivity contribution >= 4 is 0 Å². The van der Waals surface area contributed by atoms with Gasteiger partial charge in [-0.15, -0.1) is 0 Å². The molecule has 1 saturated heterocycles. The van der Waals surface area contributed by atoms with Gasteiger partial charge in [0.2, 0.25) is 0 Å². The van der Waals surface area contributed by atoms with E-state index in [1.807, 2.05) is 0 Å². The molecule has 0 aromatic carbocycles. The van der Waals surface area contributed by atoms with E-state index < -0.39 is 24.1 Å². The molecule has 1 heterocycles. The van der Waals surface area contributed by atoms with E-state index in [2.05, 4.69) is 6.92 Å². The second-order valence-corrected chi connectivity index (χ2v) is 5.59. The highest BCUT2D eigenvalue weighted by Gasteiger charge is 2.50. The van der Waals surface area contributed by atoms with Crippen LogP contribution >= 0.6 is 0 Å². The van der Waals surface area contributed by atoms with Crippen molar-refractivity contribution in [2.24, 2.45) is 5.92 Å². The number of hydrogen-bond donors (Lipinski definition) is 2. The van der Waals surface area contributed by atoms with Gasteiger partial charge < -0.3 is 24.4 Å². The van der Waals surface area contributed by atoms with E-state index in [1.165, 1.54) is 7.11 Å². The fraction of sp³-hybridized carbons (Fsp3) is 1.00. The molecule has 1 rings (SSSR count). The van der Waals surface area contributed by atoms with Gasteiger partial charge in [0.1, 0.15) is 11.7 Å². The molecular formula is C14H28O5. The van der Waals surface area contributed by atoms with Crippen LogP contribution in [0.5, 0.6) is 0 Å². The van der Waals surface area contributed by atoms with Crippen LogP contribution in [0.1, 0.15) is 40.0 Å². The first-order chi connectivity index (χ1) is 8.96. The molecule has 2 N–H and O–H groups in total. The molecule has 0 amide bonds. The molecule has 0 saturated carbocycles. The zero-order valence-corrected chi connectivity index (χ0v) is 12.5. The summed E-state index contributed by atoms with van der Waals surface area (Å²) in [4.78, 5) is 0. The average Bonchev–Trinajstić information content (AvgIpc) is 2.41. The van der Waals surface area contributed by atoms with Crippen molar-refractivity contribution in [3.63, 3.8) is 0 Å². The van der Waals surface area contributed by atoms with E-state index in [0.29, 0.717) is 6.61 Å². The maximum Gasteiger partial charge on any atom is 0.163 e. The van der Waals surface area contributed by atoms with Crippen LogP contribution in [0.4, 0.5) is 0 Å². The summed E-state index contributed by atoms with van der Waals surface area (Å²) in [5.41, 5.74) is -0.932. The Hall–Kier alpha value is -0.200. The Labute approximate surface area is 115 Å². The SMILES string of the molecule is CCCCCOC[C@@]1(C)O[C@H](OC)[C@H](C)[C@@H](O)[C@H]1O. The smallest absolute Gasteiger partial charge is 0.163 e. The first kappa shape index (κ1) is 16.9. The van der Waals surface area contributed by atoms with Crippen molar-refractivity contribution in [3.8, 4) is 0 Å². The predicted molar refractivity (Wildman–Crippen MR) is 71.8 cm³/mol. The van der Waals surface area contributed by atoms with Crippen molar-refractivity contribution < 1.29 is 24.4 Å². The molecule has 114 valence electrons. The topological polar surface area (TPSA) is 68.2 Å². The Balaban J connectivity index is 2.52. The van der Waals surface area contributed by atoms with Gasteiger partial charge in [-0.05, 0) is 13.3 Å². The quantitative estimate of drug-likeness (QED) is 0.686. The van der Waals surface area contributed by atoms with Crippen LogP contribution in [-0.4, -0.2) is 54.6 Å². The molecule has 0 aromatic heterocycles. The van der Waals surface area contributed by atoms with Crippen molar-refractivity contribution in [1.29, 1.82) is 0 Å². The van der Waals surface area contributed by atoms with Crippen LogP contribution in [0.25, 0.3) is 0 Å². The van der Waals surface area contributed by atoms with Crippen molar-refractivity contribution in [1.82, 2.24) is 0 Å². The van der Waals surface area contributed by atoms with Gasteiger partial charge in [0, 0.05) is 19.6 Å². The third-order valence-corrected chi connectivity index (χ3v) is 3.82. The predicted octanol–water partition coefficient (Wildman–Crippen LogP) is 1.31. The molecule has 5 heteroatoms. The Morgan fingerprint density at radius 1 is 1.26 bits per heavy atom. The lowest BCUT2D eigenvalue weighted by atomic mass is 9.85. The molecule has 0 unspecified atom stereocenters. The molecule has 5 atom stereocenters. The third kappa shape index (κ3) is 4.13. The summed E-state index contributed by atoms with van der Waals surface area (Å²) < 4.78 is 16.6. The van der Waals surface area contributed by atoms with E-state index in [1.54, 1.807) is 13.8 Å². The highest BCUT2D eigenvalue weighted by molar-refractivity contribution is 4.96. The monoisotopic (exact) mass is 276 g/mol. The van der Waals surface area contributed by atoms with Gasteiger partial charge in [-0.1, -0.05) is 26.7 Å². The Morgan fingerprint density at radius 3 is 2.53 bits per heavy atom. The van der Waals surface area contributed by atoms with Gasteiger partial charge in [0.25, 0.3) is 0 Å². The highest BCUT2D eigenvalue weighted by atomic mass is 16.7. The molecule has 0 spiro atoms. The first-order valence-electron chi connectivity index (χ1n) is 7.10. The zero-order valence-electron chi connectivity index (χ0n) is 12.5. The van der Waals surface area contributed by atoms with Crippen LogP contribution in [-0.2, 0) is 14.2 Å². The van der Waals surface area contributed by atoms with Crippen molar-refractivity contribution in [2.45, 2.75) is 64.1 Å². The van der Waals surface area contributed by atoms with E-state index in [-0.39, 0.29) is 12.5 Å². The molecule has 0 aromatic rings. The number of unbranched alkanes of at least 4 members (excludes halogenated alkanes) is 2. The number of ether oxygens (including phenoxy) is 3. The van der Waals surface area contributed by atoms with Gasteiger partial charge in [0.05, 0.1) is 12.7 Å². The second kappa shape index (κ2) is 7.55. The van der Waals surface area contributed by atoms with Gasteiger partial charge >= 0.3 is 0 Å². The minimum absolute atomic E-state index is 0.252. The normalized spacial score (nSPS) is 39.5. The molecule has 1 fully saturated rings. The Morgan fingerprint density at radius 2 is 1.95 bits per heavy atom. The largest absolute Gasteiger partial charge is 0.390 e. The fourth-order valence-corrected chi connectivity index (χ4v) is 2.36. The molecule has 1 aliphatic rings. The van der Waals surface area contributed by atoms with Gasteiger partial charge in [0.15, 0.2) is 6.29 Å². The third-order valence-electron chi connectivity index (χ3n) is 3.82. The van der Waals surface area contributed by atoms with Crippen LogP contribution < -0.4 is 0 Å².